The van der Waals surface area contributed by atoms with E-state index in [2.05, 4.69) is 6.92 Å². The first-order valence-electron chi connectivity index (χ1n) is 4.70. The van der Waals surface area contributed by atoms with Crippen LogP contribution in [0.5, 0.6) is 0 Å². The van der Waals surface area contributed by atoms with Gasteiger partial charge in [-0.3, -0.25) is 0 Å². The van der Waals surface area contributed by atoms with Gasteiger partial charge in [-0.1, -0.05) is 12.5 Å². The molecule has 0 amide bonds. The Bertz CT molecular complexity index is 201. The number of carbonyl (C=O) groups excluding carboxylic acids is 1. The molecule has 0 saturated carbocycles. The fourth-order valence-corrected chi connectivity index (χ4v) is 2.27. The third-order valence-electron chi connectivity index (χ3n) is 2.03. The van der Waals surface area contributed by atoms with Crippen molar-refractivity contribution in [3.8, 4) is 0 Å². The fraction of sp³-hybridized carbons (Fsp3) is 0.700. The zero-order valence-corrected chi connectivity index (χ0v) is 9.02. The van der Waals surface area contributed by atoms with Crippen LogP contribution in [-0.4, -0.2) is 23.6 Å². The Labute approximate surface area is 83.7 Å². The Kier molecular flexibility index (Phi) is 4.36. The van der Waals surface area contributed by atoms with Crippen molar-refractivity contribution in [1.29, 1.82) is 0 Å². The van der Waals surface area contributed by atoms with E-state index in [1.807, 2.05) is 18.7 Å². The lowest BCUT2D eigenvalue weighted by molar-refractivity contribution is -0.137. The lowest BCUT2D eigenvalue weighted by Gasteiger charge is -2.19. The summed E-state index contributed by atoms with van der Waals surface area (Å²) in [5.74, 6) is 0.799. The van der Waals surface area contributed by atoms with Crippen LogP contribution < -0.4 is 0 Å². The third-order valence-corrected chi connectivity index (χ3v) is 3.38. The molecule has 74 valence electrons. The first-order valence-corrected chi connectivity index (χ1v) is 5.75. The Hall–Kier alpha value is -0.440. The van der Waals surface area contributed by atoms with E-state index in [4.69, 9.17) is 4.74 Å². The van der Waals surface area contributed by atoms with Gasteiger partial charge in [-0.2, -0.15) is 11.8 Å². The molecule has 0 spiro atoms. The van der Waals surface area contributed by atoms with E-state index in [-0.39, 0.29) is 5.97 Å². The average molecular weight is 200 g/mol. The smallest absolute Gasteiger partial charge is 0.330 e. The summed E-state index contributed by atoms with van der Waals surface area (Å²) in [4.78, 5) is 11.1. The highest BCUT2D eigenvalue weighted by molar-refractivity contribution is 8.00. The van der Waals surface area contributed by atoms with E-state index in [9.17, 15) is 4.79 Å². The number of rotatable bonds is 2. The van der Waals surface area contributed by atoms with Crippen LogP contribution in [0.3, 0.4) is 0 Å². The van der Waals surface area contributed by atoms with Gasteiger partial charge in [0.2, 0.25) is 0 Å². The highest BCUT2D eigenvalue weighted by Crippen LogP contribution is 2.28. The Morgan fingerprint density at radius 3 is 3.08 bits per heavy atom. The largest absolute Gasteiger partial charge is 0.463 e. The summed E-state index contributed by atoms with van der Waals surface area (Å²) in [6.07, 6.45) is 3.88. The normalized spacial score (nSPS) is 26.0. The van der Waals surface area contributed by atoms with Crippen molar-refractivity contribution >= 4 is 17.7 Å². The monoisotopic (exact) mass is 200 g/mol. The lowest BCUT2D eigenvalue weighted by atomic mass is 10.1. The summed E-state index contributed by atoms with van der Waals surface area (Å²) in [6, 6.07) is 0. The van der Waals surface area contributed by atoms with Crippen LogP contribution in [0.15, 0.2) is 11.6 Å². The predicted octanol–water partition coefficient (Wildman–Crippen LogP) is 2.39. The molecule has 2 nitrogen and oxygen atoms in total. The van der Waals surface area contributed by atoms with Crippen LogP contribution in [-0.2, 0) is 9.53 Å². The second-order valence-corrected chi connectivity index (χ2v) is 4.64. The molecule has 0 N–H and O–H groups in total. The van der Waals surface area contributed by atoms with Crippen molar-refractivity contribution in [2.75, 3.05) is 12.4 Å². The van der Waals surface area contributed by atoms with Gasteiger partial charge in [0.15, 0.2) is 0 Å². The van der Waals surface area contributed by atoms with Gasteiger partial charge >= 0.3 is 5.97 Å². The summed E-state index contributed by atoms with van der Waals surface area (Å²) in [5, 5.41) is 0.736. The molecular formula is C10H16O2S. The maximum absolute atomic E-state index is 11.1. The maximum atomic E-state index is 11.1. The standard InChI is InChI=1S/C10H16O2S/c1-3-12-10(11)6-9-5-4-8(2)13-7-9/h6,8H,3-5,7H2,1-2H3/b9-6-. The zero-order valence-electron chi connectivity index (χ0n) is 8.21. The van der Waals surface area contributed by atoms with Gasteiger partial charge in [-0.05, 0) is 19.8 Å². The molecular weight excluding hydrogens is 184 g/mol. The lowest BCUT2D eigenvalue weighted by Crippen LogP contribution is -2.09. The molecule has 1 heterocycles. The third kappa shape index (κ3) is 3.85. The van der Waals surface area contributed by atoms with Crippen molar-refractivity contribution in [2.24, 2.45) is 0 Å². The molecule has 0 radical (unpaired) electrons. The molecule has 1 rings (SSSR count). The molecule has 1 atom stereocenters. The number of carbonyl (C=O) groups is 1. The molecule has 0 aliphatic carbocycles. The van der Waals surface area contributed by atoms with Crippen molar-refractivity contribution in [2.45, 2.75) is 31.9 Å². The predicted molar refractivity (Wildman–Crippen MR) is 55.9 cm³/mol. The van der Waals surface area contributed by atoms with Gasteiger partial charge in [0.05, 0.1) is 6.61 Å². The molecule has 1 saturated heterocycles. The van der Waals surface area contributed by atoms with Gasteiger partial charge < -0.3 is 4.74 Å². The van der Waals surface area contributed by atoms with Gasteiger partial charge in [0, 0.05) is 17.1 Å². The first-order chi connectivity index (χ1) is 6.22. The van der Waals surface area contributed by atoms with Crippen LogP contribution in [0.1, 0.15) is 26.7 Å². The van der Waals surface area contributed by atoms with Crippen LogP contribution in [0.2, 0.25) is 0 Å². The van der Waals surface area contributed by atoms with Crippen LogP contribution in [0, 0.1) is 0 Å². The van der Waals surface area contributed by atoms with Gasteiger partial charge in [0.1, 0.15) is 0 Å². The second-order valence-electron chi connectivity index (χ2n) is 3.21. The Balaban J connectivity index is 2.38. The Morgan fingerprint density at radius 1 is 1.77 bits per heavy atom. The van der Waals surface area contributed by atoms with Crippen molar-refractivity contribution < 1.29 is 9.53 Å². The van der Waals surface area contributed by atoms with Gasteiger partial charge in [0.25, 0.3) is 0 Å². The molecule has 1 fully saturated rings. The van der Waals surface area contributed by atoms with Crippen LogP contribution in [0.25, 0.3) is 0 Å². The molecule has 1 aliphatic heterocycles. The van der Waals surface area contributed by atoms with E-state index in [0.29, 0.717) is 6.61 Å². The maximum Gasteiger partial charge on any atom is 0.330 e. The minimum atomic E-state index is -0.187. The minimum Gasteiger partial charge on any atom is -0.463 e. The van der Waals surface area contributed by atoms with Gasteiger partial charge in [-0.15, -0.1) is 0 Å². The number of ether oxygens (including phenoxy) is 1. The highest BCUT2D eigenvalue weighted by Gasteiger charge is 2.13. The molecule has 0 aromatic heterocycles. The average Bonchev–Trinajstić information content (AvgIpc) is 2.09. The van der Waals surface area contributed by atoms with Gasteiger partial charge in [-0.25, -0.2) is 4.79 Å². The van der Waals surface area contributed by atoms with Crippen molar-refractivity contribution in [3.63, 3.8) is 0 Å². The molecule has 0 aromatic carbocycles. The SMILES string of the molecule is CCOC(=O)/C=C1/CCC(C)SC1. The summed E-state index contributed by atoms with van der Waals surface area (Å²) < 4.78 is 4.85. The fourth-order valence-electron chi connectivity index (χ4n) is 1.26. The molecule has 0 bridgehead atoms. The molecule has 13 heavy (non-hydrogen) atoms. The molecule has 0 aromatic rings. The van der Waals surface area contributed by atoms with E-state index in [0.717, 1.165) is 17.4 Å². The summed E-state index contributed by atoms with van der Waals surface area (Å²) in [5.41, 5.74) is 1.22. The number of hydrogen-bond acceptors (Lipinski definition) is 3. The van der Waals surface area contributed by atoms with E-state index >= 15 is 0 Å². The van der Waals surface area contributed by atoms with E-state index in [1.165, 1.54) is 12.0 Å². The number of esters is 1. The Morgan fingerprint density at radius 2 is 2.54 bits per heavy atom. The van der Waals surface area contributed by atoms with Crippen LogP contribution >= 0.6 is 11.8 Å². The van der Waals surface area contributed by atoms with E-state index in [1.54, 1.807) is 6.08 Å². The second kappa shape index (κ2) is 5.32. The van der Waals surface area contributed by atoms with Crippen molar-refractivity contribution in [3.05, 3.63) is 11.6 Å². The first kappa shape index (κ1) is 10.6. The summed E-state index contributed by atoms with van der Waals surface area (Å²) >= 11 is 1.91. The summed E-state index contributed by atoms with van der Waals surface area (Å²) in [6.45, 7) is 4.52. The highest BCUT2D eigenvalue weighted by atomic mass is 32.2. The number of thioether (sulfide) groups is 1. The van der Waals surface area contributed by atoms with Crippen LogP contribution in [0.4, 0.5) is 0 Å². The summed E-state index contributed by atoms with van der Waals surface area (Å²) in [7, 11) is 0. The molecule has 1 unspecified atom stereocenters. The topological polar surface area (TPSA) is 26.3 Å². The molecule has 1 aliphatic rings. The minimum absolute atomic E-state index is 0.187. The molecule has 3 heteroatoms. The van der Waals surface area contributed by atoms with Crippen molar-refractivity contribution in [1.82, 2.24) is 0 Å². The zero-order chi connectivity index (χ0) is 9.68. The van der Waals surface area contributed by atoms with E-state index < -0.39 is 0 Å². The number of hydrogen-bond donors (Lipinski definition) is 0. The quantitative estimate of drug-likeness (QED) is 0.506.